The van der Waals surface area contributed by atoms with E-state index in [1.807, 2.05) is 11.8 Å². The van der Waals surface area contributed by atoms with E-state index in [2.05, 4.69) is 66.9 Å². The normalized spacial score (nSPS) is 23.8. The maximum Gasteiger partial charge on any atom is 0.171 e. The third kappa shape index (κ3) is 4.07. The van der Waals surface area contributed by atoms with Crippen molar-refractivity contribution < 1.29 is 0 Å². The molecule has 0 amide bonds. The van der Waals surface area contributed by atoms with Crippen molar-refractivity contribution in [1.82, 2.24) is 5.32 Å². The number of nitrogens with one attached hydrogen (secondary N) is 2. The van der Waals surface area contributed by atoms with Gasteiger partial charge in [0.05, 0.1) is 0 Å². The van der Waals surface area contributed by atoms with Gasteiger partial charge in [-0.1, -0.05) is 30.3 Å². The van der Waals surface area contributed by atoms with Gasteiger partial charge in [-0.25, -0.2) is 0 Å². The Balaban J connectivity index is 1.34. The summed E-state index contributed by atoms with van der Waals surface area (Å²) in [5.41, 5.74) is 3.67. The number of benzene rings is 2. The van der Waals surface area contributed by atoms with Crippen molar-refractivity contribution in [3.05, 3.63) is 53.6 Å². The molecule has 2 N–H and O–H groups in total. The Labute approximate surface area is 166 Å². The summed E-state index contributed by atoms with van der Waals surface area (Å²) in [6.45, 7) is 4.30. The van der Waals surface area contributed by atoms with Gasteiger partial charge in [-0.05, 0) is 98.6 Å². The van der Waals surface area contributed by atoms with E-state index >= 15 is 0 Å². The second-order valence-corrected chi connectivity index (χ2v) is 9.30. The first-order valence-electron chi connectivity index (χ1n) is 9.49. The van der Waals surface area contributed by atoms with E-state index < -0.39 is 0 Å². The molecule has 2 aromatic carbocycles. The Morgan fingerprint density at radius 1 is 1.04 bits per heavy atom. The lowest BCUT2D eigenvalue weighted by Gasteiger charge is -2.24. The maximum atomic E-state index is 5.53. The molecule has 2 aliphatic rings. The number of hydrogen-bond acceptors (Lipinski definition) is 2. The molecule has 4 heteroatoms. The molecular weight excluding hydrogens is 356 g/mol. The minimum atomic E-state index is 0.577. The topological polar surface area (TPSA) is 24.1 Å². The van der Waals surface area contributed by atoms with E-state index in [-0.39, 0.29) is 0 Å². The fourth-order valence-corrected chi connectivity index (χ4v) is 5.58. The number of hydrogen-bond donors (Lipinski definition) is 2. The molecule has 2 aliphatic carbocycles. The molecule has 0 unspecified atom stereocenters. The molecule has 26 heavy (non-hydrogen) atoms. The third-order valence-electron chi connectivity index (χ3n) is 5.74. The monoisotopic (exact) mass is 382 g/mol. The Morgan fingerprint density at radius 3 is 2.54 bits per heavy atom. The van der Waals surface area contributed by atoms with Crippen molar-refractivity contribution in [2.24, 2.45) is 11.8 Å². The SMILES string of the molecule is Cc1ccc(C)c(Sc2ccc(NC(=S)N[C@H]3C[C@@H]4CC[C@@H]3C4)cc2)c1. The van der Waals surface area contributed by atoms with Crippen molar-refractivity contribution in [1.29, 1.82) is 0 Å². The van der Waals surface area contributed by atoms with Crippen LogP contribution >= 0.6 is 24.0 Å². The molecule has 0 spiro atoms. The predicted octanol–water partition coefficient (Wildman–Crippen LogP) is 5.93. The van der Waals surface area contributed by atoms with Gasteiger partial charge in [0, 0.05) is 21.5 Å². The Hall–Kier alpha value is -1.52. The predicted molar refractivity (Wildman–Crippen MR) is 115 cm³/mol. The molecule has 0 heterocycles. The molecule has 3 atom stereocenters. The molecule has 2 nitrogen and oxygen atoms in total. The zero-order valence-electron chi connectivity index (χ0n) is 15.4. The summed E-state index contributed by atoms with van der Waals surface area (Å²) >= 11 is 7.34. The summed E-state index contributed by atoms with van der Waals surface area (Å²) in [6.07, 6.45) is 5.47. The number of fused-ring (bicyclic) bond motifs is 2. The van der Waals surface area contributed by atoms with E-state index in [1.54, 1.807) is 0 Å². The number of thiocarbonyl (C=S) groups is 1. The van der Waals surface area contributed by atoms with Gasteiger partial charge in [0.1, 0.15) is 0 Å². The van der Waals surface area contributed by atoms with Crippen molar-refractivity contribution >= 4 is 34.8 Å². The fourth-order valence-electron chi connectivity index (χ4n) is 4.31. The van der Waals surface area contributed by atoms with Gasteiger partial charge >= 0.3 is 0 Å². The molecule has 0 aromatic heterocycles. The number of anilines is 1. The molecule has 2 bridgehead atoms. The second kappa shape index (κ2) is 7.61. The highest BCUT2D eigenvalue weighted by Crippen LogP contribution is 2.44. The molecule has 2 fully saturated rings. The molecule has 136 valence electrons. The van der Waals surface area contributed by atoms with Gasteiger partial charge in [-0.2, -0.15) is 0 Å². The lowest BCUT2D eigenvalue weighted by Crippen LogP contribution is -2.40. The van der Waals surface area contributed by atoms with Gasteiger partial charge in [0.25, 0.3) is 0 Å². The fraction of sp³-hybridized carbons (Fsp3) is 0.409. The molecule has 2 aromatic rings. The summed E-state index contributed by atoms with van der Waals surface area (Å²) in [4.78, 5) is 2.57. The average molecular weight is 383 g/mol. The molecule has 0 aliphatic heterocycles. The Bertz CT molecular complexity index is 800. The van der Waals surface area contributed by atoms with Crippen molar-refractivity contribution in [2.45, 2.75) is 55.4 Å². The van der Waals surface area contributed by atoms with Crippen LogP contribution in [-0.2, 0) is 0 Å². The largest absolute Gasteiger partial charge is 0.359 e. The first-order chi connectivity index (χ1) is 12.6. The van der Waals surface area contributed by atoms with Crippen molar-refractivity contribution in [2.75, 3.05) is 5.32 Å². The quantitative estimate of drug-likeness (QED) is 0.640. The standard InChI is InChI=1S/C22H26N2S2/c1-14-3-4-15(2)21(11-14)26-19-9-7-18(8-10-19)23-22(25)24-20-13-16-5-6-17(20)12-16/h3-4,7-11,16-17,20H,5-6,12-13H2,1-2H3,(H2,23,24,25)/t16-,17-,20+/m1/s1. The van der Waals surface area contributed by atoms with Crippen LogP contribution in [-0.4, -0.2) is 11.2 Å². The van der Waals surface area contributed by atoms with Crippen LogP contribution < -0.4 is 10.6 Å². The van der Waals surface area contributed by atoms with E-state index in [4.69, 9.17) is 12.2 Å². The highest BCUT2D eigenvalue weighted by Gasteiger charge is 2.39. The number of aryl methyl sites for hydroxylation is 2. The van der Waals surface area contributed by atoms with E-state index in [9.17, 15) is 0 Å². The molecule has 0 saturated heterocycles. The van der Waals surface area contributed by atoms with Crippen LogP contribution in [0, 0.1) is 25.7 Å². The zero-order chi connectivity index (χ0) is 18.1. The third-order valence-corrected chi connectivity index (χ3v) is 7.13. The van der Waals surface area contributed by atoms with Crippen LogP contribution in [0.25, 0.3) is 0 Å². The molecule has 4 rings (SSSR count). The van der Waals surface area contributed by atoms with Crippen molar-refractivity contribution in [3.8, 4) is 0 Å². The number of rotatable bonds is 4. The zero-order valence-corrected chi connectivity index (χ0v) is 17.1. The van der Waals surface area contributed by atoms with Crippen LogP contribution in [0.4, 0.5) is 5.69 Å². The van der Waals surface area contributed by atoms with E-state index in [0.717, 1.165) is 22.6 Å². The van der Waals surface area contributed by atoms with Crippen LogP contribution in [0.5, 0.6) is 0 Å². The van der Waals surface area contributed by atoms with Gasteiger partial charge in [0.2, 0.25) is 0 Å². The minimum absolute atomic E-state index is 0.577. The summed E-state index contributed by atoms with van der Waals surface area (Å²) in [7, 11) is 0. The van der Waals surface area contributed by atoms with Gasteiger partial charge in [-0.3, -0.25) is 0 Å². The lowest BCUT2D eigenvalue weighted by molar-refractivity contribution is 0.392. The second-order valence-electron chi connectivity index (χ2n) is 7.78. The Morgan fingerprint density at radius 2 is 1.85 bits per heavy atom. The van der Waals surface area contributed by atoms with Crippen LogP contribution in [0.1, 0.15) is 36.8 Å². The highest BCUT2D eigenvalue weighted by atomic mass is 32.2. The molecule has 2 saturated carbocycles. The molecule has 0 radical (unpaired) electrons. The average Bonchev–Trinajstić information content (AvgIpc) is 3.23. The van der Waals surface area contributed by atoms with Crippen LogP contribution in [0.15, 0.2) is 52.3 Å². The van der Waals surface area contributed by atoms with Crippen molar-refractivity contribution in [3.63, 3.8) is 0 Å². The van der Waals surface area contributed by atoms with Crippen LogP contribution in [0.2, 0.25) is 0 Å². The van der Waals surface area contributed by atoms with E-state index in [1.165, 1.54) is 46.6 Å². The van der Waals surface area contributed by atoms with Gasteiger partial charge in [-0.15, -0.1) is 0 Å². The van der Waals surface area contributed by atoms with Gasteiger partial charge < -0.3 is 10.6 Å². The summed E-state index contributed by atoms with van der Waals surface area (Å²) in [5, 5.41) is 7.65. The summed E-state index contributed by atoms with van der Waals surface area (Å²) in [5.74, 6) is 1.76. The minimum Gasteiger partial charge on any atom is -0.359 e. The first kappa shape index (κ1) is 17.9. The molecular formula is C22H26N2S2. The van der Waals surface area contributed by atoms with E-state index in [0.29, 0.717) is 6.04 Å². The summed E-state index contributed by atoms with van der Waals surface area (Å²) in [6, 6.07) is 15.7. The summed E-state index contributed by atoms with van der Waals surface area (Å²) < 4.78 is 0. The van der Waals surface area contributed by atoms with Gasteiger partial charge in [0.15, 0.2) is 5.11 Å². The van der Waals surface area contributed by atoms with Crippen LogP contribution in [0.3, 0.4) is 0 Å². The lowest BCUT2D eigenvalue weighted by atomic mass is 9.96. The maximum absolute atomic E-state index is 5.53. The highest BCUT2D eigenvalue weighted by molar-refractivity contribution is 7.99. The smallest absolute Gasteiger partial charge is 0.171 e. The first-order valence-corrected chi connectivity index (χ1v) is 10.7. The Kier molecular flexibility index (Phi) is 5.23.